The topological polar surface area (TPSA) is 20.2 Å². The summed E-state index contributed by atoms with van der Waals surface area (Å²) in [4.78, 5) is 0. The standard InChI is InChI=1S/C20H40O/c1-17(2)9-6-10-18(3)11-7-12-19(4)13-8-14-20(5)15-16-21/h15,17-19,21H,6-14,16H2,1-5H3/b20-15+. The third kappa shape index (κ3) is 14.4. The fraction of sp³-hybridized carbons (Fsp3) is 0.900. The van der Waals surface area contributed by atoms with Crippen molar-refractivity contribution in [1.82, 2.24) is 0 Å². The van der Waals surface area contributed by atoms with Crippen LogP contribution in [0.5, 0.6) is 0 Å². The van der Waals surface area contributed by atoms with Crippen LogP contribution in [-0.2, 0) is 0 Å². The van der Waals surface area contributed by atoms with E-state index in [1.54, 1.807) is 0 Å². The van der Waals surface area contributed by atoms with E-state index in [-0.39, 0.29) is 6.61 Å². The summed E-state index contributed by atoms with van der Waals surface area (Å²) in [5, 5.41) is 8.83. The van der Waals surface area contributed by atoms with Gasteiger partial charge in [-0.2, -0.15) is 0 Å². The Morgan fingerprint density at radius 2 is 1.29 bits per heavy atom. The molecule has 0 saturated heterocycles. The first-order valence-corrected chi connectivity index (χ1v) is 9.22. The molecule has 0 aromatic carbocycles. The average Bonchev–Trinajstić information content (AvgIpc) is 2.38. The minimum absolute atomic E-state index is 0.191. The van der Waals surface area contributed by atoms with Gasteiger partial charge < -0.3 is 5.11 Å². The predicted octanol–water partition coefficient (Wildman–Crippen LogP) is 6.36. The highest BCUT2D eigenvalue weighted by atomic mass is 16.2. The van der Waals surface area contributed by atoms with Gasteiger partial charge in [0.15, 0.2) is 0 Å². The molecule has 2 unspecified atom stereocenters. The molecule has 1 nitrogen and oxygen atoms in total. The first-order chi connectivity index (χ1) is 9.95. The molecule has 0 heterocycles. The highest BCUT2D eigenvalue weighted by molar-refractivity contribution is 4.97. The Balaban J connectivity index is 3.52. The Morgan fingerprint density at radius 1 is 0.810 bits per heavy atom. The van der Waals surface area contributed by atoms with Crippen LogP contribution in [0.15, 0.2) is 11.6 Å². The smallest absolute Gasteiger partial charge is 0.0614 e. The molecular formula is C20H40O. The van der Waals surface area contributed by atoms with Crippen molar-refractivity contribution >= 4 is 0 Å². The third-order valence-corrected chi connectivity index (χ3v) is 4.58. The summed E-state index contributed by atoms with van der Waals surface area (Å²) in [6.45, 7) is 11.8. The van der Waals surface area contributed by atoms with Crippen LogP contribution in [-0.4, -0.2) is 11.7 Å². The van der Waals surface area contributed by atoms with Crippen molar-refractivity contribution in [3.05, 3.63) is 11.6 Å². The zero-order chi connectivity index (χ0) is 16.1. The van der Waals surface area contributed by atoms with Gasteiger partial charge in [-0.05, 0) is 37.5 Å². The van der Waals surface area contributed by atoms with Gasteiger partial charge in [0.05, 0.1) is 6.61 Å². The van der Waals surface area contributed by atoms with Crippen molar-refractivity contribution in [3.63, 3.8) is 0 Å². The molecule has 1 heteroatoms. The summed E-state index contributed by atoms with van der Waals surface area (Å²) in [5.74, 6) is 2.63. The van der Waals surface area contributed by atoms with Crippen LogP contribution in [0.2, 0.25) is 0 Å². The van der Waals surface area contributed by atoms with E-state index in [1.165, 1.54) is 56.9 Å². The molecule has 0 rings (SSSR count). The summed E-state index contributed by atoms with van der Waals surface area (Å²) in [6.07, 6.45) is 14.1. The van der Waals surface area contributed by atoms with E-state index in [2.05, 4.69) is 34.6 Å². The van der Waals surface area contributed by atoms with E-state index in [4.69, 9.17) is 5.11 Å². The van der Waals surface area contributed by atoms with Crippen LogP contribution in [0.25, 0.3) is 0 Å². The molecule has 0 aromatic heterocycles. The first-order valence-electron chi connectivity index (χ1n) is 9.22. The van der Waals surface area contributed by atoms with Crippen molar-refractivity contribution < 1.29 is 5.11 Å². The predicted molar refractivity (Wildman–Crippen MR) is 95.6 cm³/mol. The number of aliphatic hydroxyl groups is 1. The third-order valence-electron chi connectivity index (χ3n) is 4.58. The van der Waals surface area contributed by atoms with Crippen molar-refractivity contribution in [3.8, 4) is 0 Å². The Labute approximate surface area is 134 Å². The van der Waals surface area contributed by atoms with Gasteiger partial charge in [-0.25, -0.2) is 0 Å². The molecule has 0 fully saturated rings. The fourth-order valence-corrected chi connectivity index (χ4v) is 2.97. The summed E-state index contributed by atoms with van der Waals surface area (Å²) in [7, 11) is 0. The number of allylic oxidation sites excluding steroid dienone is 1. The van der Waals surface area contributed by atoms with E-state index in [0.29, 0.717) is 0 Å². The van der Waals surface area contributed by atoms with Gasteiger partial charge in [0.1, 0.15) is 0 Å². The molecule has 0 bridgehead atoms. The van der Waals surface area contributed by atoms with Gasteiger partial charge in [0, 0.05) is 0 Å². The zero-order valence-electron chi connectivity index (χ0n) is 15.3. The Kier molecular flexibility index (Phi) is 13.2. The molecular weight excluding hydrogens is 256 g/mol. The molecule has 0 amide bonds. The highest BCUT2D eigenvalue weighted by Gasteiger charge is 2.06. The maximum Gasteiger partial charge on any atom is 0.0614 e. The Bertz CT molecular complexity index is 255. The van der Waals surface area contributed by atoms with Gasteiger partial charge in [-0.15, -0.1) is 0 Å². The molecule has 0 saturated carbocycles. The molecule has 0 aliphatic rings. The lowest BCUT2D eigenvalue weighted by atomic mass is 9.91. The zero-order valence-corrected chi connectivity index (χ0v) is 15.3. The second-order valence-electron chi connectivity index (χ2n) is 7.59. The molecule has 2 atom stereocenters. The number of aliphatic hydroxyl groups excluding tert-OH is 1. The van der Waals surface area contributed by atoms with E-state index in [9.17, 15) is 0 Å². The largest absolute Gasteiger partial charge is 0.392 e. The number of rotatable bonds is 13. The van der Waals surface area contributed by atoms with Crippen molar-refractivity contribution in [2.75, 3.05) is 6.61 Å². The fourth-order valence-electron chi connectivity index (χ4n) is 2.97. The van der Waals surface area contributed by atoms with Crippen LogP contribution in [0, 0.1) is 17.8 Å². The molecule has 0 aliphatic heterocycles. The summed E-state index contributed by atoms with van der Waals surface area (Å²) in [5.41, 5.74) is 1.34. The molecule has 0 spiro atoms. The van der Waals surface area contributed by atoms with Gasteiger partial charge >= 0.3 is 0 Å². The SMILES string of the molecule is C/C(=C\CO)CCCC(C)CCCC(C)CCCC(C)C. The normalized spacial score (nSPS) is 15.5. The molecule has 0 aliphatic carbocycles. The molecule has 1 N–H and O–H groups in total. The number of hydrogen-bond donors (Lipinski definition) is 1. The Hall–Kier alpha value is -0.300. The monoisotopic (exact) mass is 296 g/mol. The van der Waals surface area contributed by atoms with Crippen molar-refractivity contribution in [1.29, 1.82) is 0 Å². The van der Waals surface area contributed by atoms with E-state index in [0.717, 1.165) is 24.2 Å². The quantitative estimate of drug-likeness (QED) is 0.392. The Morgan fingerprint density at radius 3 is 1.76 bits per heavy atom. The van der Waals surface area contributed by atoms with Crippen molar-refractivity contribution in [2.45, 2.75) is 92.4 Å². The molecule has 0 aromatic rings. The lowest BCUT2D eigenvalue weighted by Gasteiger charge is -2.15. The van der Waals surface area contributed by atoms with Crippen LogP contribution in [0.4, 0.5) is 0 Å². The van der Waals surface area contributed by atoms with E-state index < -0.39 is 0 Å². The summed E-state index contributed by atoms with van der Waals surface area (Å²) in [6, 6.07) is 0. The van der Waals surface area contributed by atoms with Crippen molar-refractivity contribution in [2.24, 2.45) is 17.8 Å². The van der Waals surface area contributed by atoms with Gasteiger partial charge in [-0.1, -0.05) is 84.3 Å². The van der Waals surface area contributed by atoms with Gasteiger partial charge in [0.25, 0.3) is 0 Å². The lowest BCUT2D eigenvalue weighted by molar-refractivity contribution is 0.341. The molecule has 0 radical (unpaired) electrons. The molecule has 126 valence electrons. The summed E-state index contributed by atoms with van der Waals surface area (Å²) < 4.78 is 0. The second kappa shape index (κ2) is 13.4. The van der Waals surface area contributed by atoms with Crippen LogP contribution < -0.4 is 0 Å². The first kappa shape index (κ1) is 20.7. The second-order valence-corrected chi connectivity index (χ2v) is 7.59. The minimum Gasteiger partial charge on any atom is -0.392 e. The van der Waals surface area contributed by atoms with Crippen LogP contribution in [0.1, 0.15) is 92.4 Å². The maximum atomic E-state index is 8.83. The lowest BCUT2D eigenvalue weighted by Crippen LogP contribution is -2.00. The van der Waals surface area contributed by atoms with E-state index in [1.807, 2.05) is 6.08 Å². The van der Waals surface area contributed by atoms with Crippen LogP contribution >= 0.6 is 0 Å². The van der Waals surface area contributed by atoms with E-state index >= 15 is 0 Å². The number of hydrogen-bond acceptors (Lipinski definition) is 1. The van der Waals surface area contributed by atoms with Crippen LogP contribution in [0.3, 0.4) is 0 Å². The van der Waals surface area contributed by atoms with Gasteiger partial charge in [0.2, 0.25) is 0 Å². The minimum atomic E-state index is 0.191. The highest BCUT2D eigenvalue weighted by Crippen LogP contribution is 2.21. The maximum absolute atomic E-state index is 8.83. The van der Waals surface area contributed by atoms with Gasteiger partial charge in [-0.3, -0.25) is 0 Å². The summed E-state index contributed by atoms with van der Waals surface area (Å²) >= 11 is 0. The average molecular weight is 297 g/mol. The molecule has 21 heavy (non-hydrogen) atoms.